The van der Waals surface area contributed by atoms with Gasteiger partial charge in [-0.25, -0.2) is 0 Å². The van der Waals surface area contributed by atoms with Crippen molar-refractivity contribution in [2.24, 2.45) is 5.41 Å². The van der Waals surface area contributed by atoms with Gasteiger partial charge >= 0.3 is 0 Å². The Balaban J connectivity index is 1.99. The van der Waals surface area contributed by atoms with Crippen molar-refractivity contribution in [3.05, 3.63) is 17.0 Å². The number of aromatic nitrogens is 2. The van der Waals surface area contributed by atoms with Crippen LogP contribution in [0.15, 0.2) is 0 Å². The number of aryl methyl sites for hydroxylation is 2. The van der Waals surface area contributed by atoms with Crippen LogP contribution in [-0.4, -0.2) is 33.9 Å². The molecule has 2 rings (SSSR count). The molecule has 5 nitrogen and oxygen atoms in total. The van der Waals surface area contributed by atoms with Gasteiger partial charge in [0.15, 0.2) is 0 Å². The van der Waals surface area contributed by atoms with Gasteiger partial charge in [0, 0.05) is 22.7 Å². The number of hydrogen-bond acceptors (Lipinski definition) is 3. The summed E-state index contributed by atoms with van der Waals surface area (Å²) in [5, 5.41) is 19.6. The Kier molecular flexibility index (Phi) is 3.94. The molecule has 1 aromatic heterocycles. The molecule has 1 heterocycles. The fourth-order valence-corrected chi connectivity index (χ4v) is 2.91. The van der Waals surface area contributed by atoms with Crippen molar-refractivity contribution in [1.82, 2.24) is 15.5 Å². The van der Waals surface area contributed by atoms with Crippen molar-refractivity contribution >= 4 is 5.91 Å². The first-order valence-corrected chi connectivity index (χ1v) is 6.87. The van der Waals surface area contributed by atoms with Crippen molar-refractivity contribution in [1.29, 1.82) is 0 Å². The maximum atomic E-state index is 12.1. The average Bonchev–Trinajstić information content (AvgIpc) is 2.88. The quantitative estimate of drug-likeness (QED) is 0.766. The number of aliphatic hydroxyl groups excluding tert-OH is 1. The number of aromatic amines is 1. The minimum Gasteiger partial charge on any atom is -0.396 e. The van der Waals surface area contributed by atoms with Crippen LogP contribution in [0.25, 0.3) is 0 Å². The van der Waals surface area contributed by atoms with E-state index in [-0.39, 0.29) is 24.0 Å². The Morgan fingerprint density at radius 3 is 2.89 bits per heavy atom. The molecule has 19 heavy (non-hydrogen) atoms. The average molecular weight is 265 g/mol. The van der Waals surface area contributed by atoms with Crippen LogP contribution >= 0.6 is 0 Å². The van der Waals surface area contributed by atoms with E-state index in [1.165, 1.54) is 0 Å². The highest BCUT2D eigenvalue weighted by Gasteiger charge is 2.39. The van der Waals surface area contributed by atoms with Gasteiger partial charge in [-0.1, -0.05) is 13.3 Å². The molecule has 0 radical (unpaired) electrons. The van der Waals surface area contributed by atoms with E-state index < -0.39 is 0 Å². The molecule has 0 spiro atoms. The summed E-state index contributed by atoms with van der Waals surface area (Å²) in [4.78, 5) is 12.1. The fourth-order valence-electron chi connectivity index (χ4n) is 2.91. The molecular formula is C14H23N3O2. The molecule has 0 bridgehead atoms. The summed E-state index contributed by atoms with van der Waals surface area (Å²) in [6.45, 7) is 6.00. The third-order valence-corrected chi connectivity index (χ3v) is 4.40. The first-order chi connectivity index (χ1) is 8.96. The minimum atomic E-state index is -0.170. The number of hydrogen-bond donors (Lipinski definition) is 3. The van der Waals surface area contributed by atoms with Gasteiger partial charge in [-0.05, 0) is 26.7 Å². The Bertz CT molecular complexity index is 450. The van der Waals surface area contributed by atoms with E-state index in [1.54, 1.807) is 0 Å². The monoisotopic (exact) mass is 265 g/mol. The van der Waals surface area contributed by atoms with E-state index in [1.807, 2.05) is 20.8 Å². The van der Waals surface area contributed by atoms with Crippen LogP contribution in [0.4, 0.5) is 0 Å². The largest absolute Gasteiger partial charge is 0.396 e. The standard InChI is InChI=1S/C14H23N3O2/c1-9-11(10(2)17-16-9)7-13(19)15-12-5-4-6-14(12,3)8-18/h12,18H,4-8H2,1-3H3,(H,15,19)(H,16,17)/t12-,14-/m0/s1. The van der Waals surface area contributed by atoms with E-state index in [9.17, 15) is 9.90 Å². The second-order valence-electron chi connectivity index (χ2n) is 5.91. The van der Waals surface area contributed by atoms with E-state index in [4.69, 9.17) is 0 Å². The highest BCUT2D eigenvalue weighted by molar-refractivity contribution is 5.79. The predicted octanol–water partition coefficient (Wildman–Crippen LogP) is 1.24. The third-order valence-electron chi connectivity index (χ3n) is 4.40. The number of carbonyl (C=O) groups is 1. The summed E-state index contributed by atoms with van der Waals surface area (Å²) in [5.74, 6) is 0.0131. The van der Waals surface area contributed by atoms with Gasteiger partial charge < -0.3 is 10.4 Å². The predicted molar refractivity (Wildman–Crippen MR) is 72.7 cm³/mol. The summed E-state index contributed by atoms with van der Waals surface area (Å²) in [5.41, 5.74) is 2.63. The molecule has 1 amide bonds. The van der Waals surface area contributed by atoms with Crippen molar-refractivity contribution in [3.63, 3.8) is 0 Å². The maximum Gasteiger partial charge on any atom is 0.224 e. The molecule has 106 valence electrons. The topological polar surface area (TPSA) is 78.0 Å². The molecule has 5 heteroatoms. The summed E-state index contributed by atoms with van der Waals surface area (Å²) in [7, 11) is 0. The summed E-state index contributed by atoms with van der Waals surface area (Å²) in [6, 6.07) is 0.0810. The zero-order chi connectivity index (χ0) is 14.0. The maximum absolute atomic E-state index is 12.1. The number of carbonyl (C=O) groups excluding carboxylic acids is 1. The van der Waals surface area contributed by atoms with Gasteiger partial charge in [0.1, 0.15) is 0 Å². The normalized spacial score (nSPS) is 26.6. The Morgan fingerprint density at radius 2 is 2.32 bits per heavy atom. The molecule has 1 aliphatic carbocycles. The molecule has 1 aliphatic rings. The molecule has 0 aromatic carbocycles. The van der Waals surface area contributed by atoms with E-state index >= 15 is 0 Å². The zero-order valence-corrected chi connectivity index (χ0v) is 11.9. The van der Waals surface area contributed by atoms with Gasteiger partial charge in [0.05, 0.1) is 18.7 Å². The van der Waals surface area contributed by atoms with Crippen LogP contribution in [0.2, 0.25) is 0 Å². The fraction of sp³-hybridized carbons (Fsp3) is 0.714. The lowest BCUT2D eigenvalue weighted by Crippen LogP contribution is -2.45. The van der Waals surface area contributed by atoms with E-state index in [0.29, 0.717) is 6.42 Å². The first kappa shape index (κ1) is 14.1. The Morgan fingerprint density at radius 1 is 1.58 bits per heavy atom. The number of nitrogens with zero attached hydrogens (tertiary/aromatic N) is 1. The molecule has 0 unspecified atom stereocenters. The number of nitrogens with one attached hydrogen (secondary N) is 2. The Hall–Kier alpha value is -1.36. The van der Waals surface area contributed by atoms with Crippen molar-refractivity contribution in [2.45, 2.75) is 52.5 Å². The van der Waals surface area contributed by atoms with Gasteiger partial charge in [0.25, 0.3) is 0 Å². The van der Waals surface area contributed by atoms with Crippen LogP contribution in [0, 0.1) is 19.3 Å². The molecule has 1 fully saturated rings. The lowest BCUT2D eigenvalue weighted by Gasteiger charge is -2.30. The van der Waals surface area contributed by atoms with Crippen LogP contribution in [0.3, 0.4) is 0 Å². The second-order valence-corrected chi connectivity index (χ2v) is 5.91. The van der Waals surface area contributed by atoms with Crippen LogP contribution in [0.1, 0.15) is 43.1 Å². The molecule has 2 atom stereocenters. The van der Waals surface area contributed by atoms with Crippen molar-refractivity contribution in [2.75, 3.05) is 6.61 Å². The van der Waals surface area contributed by atoms with Crippen molar-refractivity contribution in [3.8, 4) is 0 Å². The molecular weight excluding hydrogens is 242 g/mol. The van der Waals surface area contributed by atoms with Gasteiger partial charge in [-0.3, -0.25) is 9.89 Å². The van der Waals surface area contributed by atoms with Crippen LogP contribution in [-0.2, 0) is 11.2 Å². The van der Waals surface area contributed by atoms with E-state index in [2.05, 4.69) is 15.5 Å². The highest BCUT2D eigenvalue weighted by Crippen LogP contribution is 2.37. The summed E-state index contributed by atoms with van der Waals surface area (Å²) >= 11 is 0. The SMILES string of the molecule is Cc1n[nH]c(C)c1CC(=O)N[C@H]1CCC[C@@]1(C)CO. The lowest BCUT2D eigenvalue weighted by atomic mass is 9.85. The number of rotatable bonds is 4. The smallest absolute Gasteiger partial charge is 0.224 e. The van der Waals surface area contributed by atoms with Gasteiger partial charge in [0.2, 0.25) is 5.91 Å². The highest BCUT2D eigenvalue weighted by atomic mass is 16.3. The summed E-state index contributed by atoms with van der Waals surface area (Å²) in [6.07, 6.45) is 3.34. The Labute approximate surface area is 113 Å². The molecule has 3 N–H and O–H groups in total. The van der Waals surface area contributed by atoms with Gasteiger partial charge in [-0.15, -0.1) is 0 Å². The first-order valence-electron chi connectivity index (χ1n) is 6.87. The number of amides is 1. The third kappa shape index (κ3) is 2.81. The molecule has 1 aromatic rings. The summed E-state index contributed by atoms with van der Waals surface area (Å²) < 4.78 is 0. The second kappa shape index (κ2) is 5.33. The number of H-pyrrole nitrogens is 1. The van der Waals surface area contributed by atoms with E-state index in [0.717, 1.165) is 36.2 Å². The zero-order valence-electron chi connectivity index (χ0n) is 11.9. The minimum absolute atomic E-state index is 0.0131. The molecule has 1 saturated carbocycles. The van der Waals surface area contributed by atoms with Crippen LogP contribution in [0.5, 0.6) is 0 Å². The molecule has 0 saturated heterocycles. The van der Waals surface area contributed by atoms with Crippen molar-refractivity contribution < 1.29 is 9.90 Å². The van der Waals surface area contributed by atoms with Crippen LogP contribution < -0.4 is 5.32 Å². The number of aliphatic hydroxyl groups is 1. The molecule has 0 aliphatic heterocycles. The lowest BCUT2D eigenvalue weighted by molar-refractivity contribution is -0.122. The van der Waals surface area contributed by atoms with Gasteiger partial charge in [-0.2, -0.15) is 5.10 Å².